The molecule has 0 radical (unpaired) electrons. The second-order valence-corrected chi connectivity index (χ2v) is 9.31. The summed E-state index contributed by atoms with van der Waals surface area (Å²) in [6.45, 7) is 1.85. The van der Waals surface area contributed by atoms with Gasteiger partial charge in [0.05, 0.1) is 11.8 Å². The van der Waals surface area contributed by atoms with Gasteiger partial charge in [0.25, 0.3) is 0 Å². The SMILES string of the molecule is CCC(C(=O)O)C(c1[nH]ccc1C(=O)CCl)c1c(I)cc(I)cc1I. The van der Waals surface area contributed by atoms with Crippen LogP contribution in [0.4, 0.5) is 0 Å². The summed E-state index contributed by atoms with van der Waals surface area (Å²) >= 11 is 12.5. The van der Waals surface area contributed by atoms with Gasteiger partial charge >= 0.3 is 5.97 Å². The molecule has 2 rings (SSSR count). The summed E-state index contributed by atoms with van der Waals surface area (Å²) in [5.41, 5.74) is 2.02. The van der Waals surface area contributed by atoms with E-state index in [1.807, 2.05) is 19.1 Å². The number of aromatic nitrogens is 1. The molecule has 0 aliphatic heterocycles. The zero-order chi connectivity index (χ0) is 18.7. The number of halogens is 4. The first kappa shape index (κ1) is 21.4. The lowest BCUT2D eigenvalue weighted by atomic mass is 9.80. The van der Waals surface area contributed by atoms with Crippen LogP contribution in [0.15, 0.2) is 24.4 Å². The molecule has 0 amide bonds. The number of carbonyl (C=O) groups is 2. The van der Waals surface area contributed by atoms with Crippen molar-refractivity contribution in [1.82, 2.24) is 4.98 Å². The molecular formula is C17H15ClI3NO3. The molecule has 8 heteroatoms. The molecule has 0 spiro atoms. The minimum atomic E-state index is -0.878. The normalized spacial score (nSPS) is 13.5. The lowest BCUT2D eigenvalue weighted by Crippen LogP contribution is -2.26. The van der Waals surface area contributed by atoms with Gasteiger partial charge in [-0.1, -0.05) is 6.92 Å². The Bertz CT molecular complexity index is 783. The Morgan fingerprint density at radius 2 is 1.84 bits per heavy atom. The third-order valence-corrected chi connectivity index (χ3v) is 6.68. The summed E-state index contributed by atoms with van der Waals surface area (Å²) < 4.78 is 3.05. The molecule has 0 bridgehead atoms. The highest BCUT2D eigenvalue weighted by atomic mass is 127. The first-order chi connectivity index (χ1) is 11.8. The van der Waals surface area contributed by atoms with E-state index in [4.69, 9.17) is 11.6 Å². The number of carbonyl (C=O) groups excluding carboxylic acids is 1. The van der Waals surface area contributed by atoms with Crippen LogP contribution < -0.4 is 0 Å². The topological polar surface area (TPSA) is 70.2 Å². The summed E-state index contributed by atoms with van der Waals surface area (Å²) in [5, 5.41) is 9.80. The molecule has 25 heavy (non-hydrogen) atoms. The average Bonchev–Trinajstić information content (AvgIpc) is 3.01. The van der Waals surface area contributed by atoms with E-state index in [2.05, 4.69) is 72.8 Å². The van der Waals surface area contributed by atoms with Gasteiger partial charge in [-0.2, -0.15) is 0 Å². The largest absolute Gasteiger partial charge is 0.481 e. The number of carboxylic acids is 1. The molecule has 2 N–H and O–H groups in total. The number of aliphatic carboxylic acids is 1. The summed E-state index contributed by atoms with van der Waals surface area (Å²) in [6, 6.07) is 5.71. The van der Waals surface area contributed by atoms with Crippen molar-refractivity contribution in [2.24, 2.45) is 5.92 Å². The van der Waals surface area contributed by atoms with Crippen molar-refractivity contribution in [2.75, 3.05) is 5.88 Å². The maximum absolute atomic E-state index is 12.2. The van der Waals surface area contributed by atoms with Gasteiger partial charge in [-0.25, -0.2) is 0 Å². The van der Waals surface area contributed by atoms with Gasteiger partial charge in [0.15, 0.2) is 5.78 Å². The van der Waals surface area contributed by atoms with E-state index >= 15 is 0 Å². The summed E-state index contributed by atoms with van der Waals surface area (Å²) in [5.74, 6) is -2.32. The fourth-order valence-corrected chi connectivity index (χ4v) is 7.30. The van der Waals surface area contributed by atoms with Crippen molar-refractivity contribution in [3.05, 3.63) is 51.9 Å². The summed E-state index contributed by atoms with van der Waals surface area (Å²) in [4.78, 5) is 27.3. The predicted octanol–water partition coefficient (Wildman–Crippen LogP) is 5.49. The highest BCUT2D eigenvalue weighted by Crippen LogP contribution is 2.40. The average molecular weight is 697 g/mol. The lowest BCUT2D eigenvalue weighted by molar-refractivity contribution is -0.142. The number of hydrogen-bond donors (Lipinski definition) is 2. The van der Waals surface area contributed by atoms with Gasteiger partial charge in [-0.15, -0.1) is 11.6 Å². The van der Waals surface area contributed by atoms with E-state index in [-0.39, 0.29) is 11.7 Å². The van der Waals surface area contributed by atoms with Crippen LogP contribution in [0.5, 0.6) is 0 Å². The minimum absolute atomic E-state index is 0.137. The van der Waals surface area contributed by atoms with Crippen LogP contribution in [0.3, 0.4) is 0 Å². The first-order valence-electron chi connectivity index (χ1n) is 7.45. The van der Waals surface area contributed by atoms with Crippen LogP contribution in [0, 0.1) is 16.6 Å². The number of carboxylic acid groups (broad SMARTS) is 1. The molecule has 2 aromatic rings. The van der Waals surface area contributed by atoms with Crippen molar-refractivity contribution in [1.29, 1.82) is 0 Å². The molecule has 2 atom stereocenters. The standard InChI is InChI=1S/C17H15ClI3NO3/c1-2-9(17(24)25)14(15-11(20)5-8(19)6-12(15)21)16-10(3-4-22-16)13(23)7-18/h3-6,9,14,22H,2,7H2,1H3,(H,24,25). The highest BCUT2D eigenvalue weighted by molar-refractivity contribution is 14.1. The number of rotatable bonds is 7. The van der Waals surface area contributed by atoms with Gasteiger partial charge in [0.2, 0.25) is 0 Å². The number of hydrogen-bond acceptors (Lipinski definition) is 2. The fourth-order valence-electron chi connectivity index (χ4n) is 2.90. The molecule has 1 aromatic carbocycles. The molecular weight excluding hydrogens is 682 g/mol. The van der Waals surface area contributed by atoms with Crippen molar-refractivity contribution in [3.8, 4) is 0 Å². The van der Waals surface area contributed by atoms with E-state index < -0.39 is 17.8 Å². The Morgan fingerprint density at radius 3 is 2.32 bits per heavy atom. The van der Waals surface area contributed by atoms with E-state index in [9.17, 15) is 14.7 Å². The molecule has 0 aliphatic rings. The minimum Gasteiger partial charge on any atom is -0.481 e. The van der Waals surface area contributed by atoms with Gasteiger partial charge < -0.3 is 10.1 Å². The second-order valence-electron chi connectivity index (χ2n) is 5.48. The summed E-state index contributed by atoms with van der Waals surface area (Å²) in [7, 11) is 0. The third-order valence-electron chi connectivity index (χ3n) is 4.03. The maximum Gasteiger partial charge on any atom is 0.307 e. The summed E-state index contributed by atoms with van der Waals surface area (Å²) in [6.07, 6.45) is 2.12. The van der Waals surface area contributed by atoms with Crippen molar-refractivity contribution >= 4 is 91.1 Å². The van der Waals surface area contributed by atoms with Crippen molar-refractivity contribution in [3.63, 3.8) is 0 Å². The molecule has 1 heterocycles. The van der Waals surface area contributed by atoms with Crippen LogP contribution in [0.2, 0.25) is 0 Å². The van der Waals surface area contributed by atoms with Crippen molar-refractivity contribution < 1.29 is 14.7 Å². The Labute approximate surface area is 191 Å². The number of nitrogens with one attached hydrogen (secondary N) is 1. The second kappa shape index (κ2) is 9.36. The Balaban J connectivity index is 2.75. The van der Waals surface area contributed by atoms with E-state index in [1.54, 1.807) is 12.3 Å². The van der Waals surface area contributed by atoms with E-state index in [1.165, 1.54) is 0 Å². The Kier molecular flexibility index (Phi) is 8.02. The molecule has 1 aromatic heterocycles. The fraction of sp³-hybridized carbons (Fsp3) is 0.294. The number of H-pyrrole nitrogens is 1. The molecule has 2 unspecified atom stereocenters. The highest BCUT2D eigenvalue weighted by Gasteiger charge is 2.35. The van der Waals surface area contributed by atoms with Crippen LogP contribution in [0.1, 0.15) is 40.9 Å². The van der Waals surface area contributed by atoms with Gasteiger partial charge in [-0.3, -0.25) is 9.59 Å². The predicted molar refractivity (Wildman–Crippen MR) is 124 cm³/mol. The van der Waals surface area contributed by atoms with Crippen LogP contribution in [-0.2, 0) is 4.79 Å². The van der Waals surface area contributed by atoms with Gasteiger partial charge in [0.1, 0.15) is 0 Å². The maximum atomic E-state index is 12.2. The van der Waals surface area contributed by atoms with Gasteiger partial charge in [-0.05, 0) is 98.0 Å². The lowest BCUT2D eigenvalue weighted by Gasteiger charge is -2.26. The number of alkyl halides is 1. The zero-order valence-electron chi connectivity index (χ0n) is 13.2. The Morgan fingerprint density at radius 1 is 1.24 bits per heavy atom. The molecule has 4 nitrogen and oxygen atoms in total. The molecule has 0 saturated heterocycles. The zero-order valence-corrected chi connectivity index (χ0v) is 20.4. The van der Waals surface area contributed by atoms with Crippen LogP contribution in [0.25, 0.3) is 0 Å². The molecule has 0 fully saturated rings. The number of ketones is 1. The Hall–Kier alpha value is 0.120. The van der Waals surface area contributed by atoms with Gasteiger partial charge in [0, 0.05) is 34.1 Å². The van der Waals surface area contributed by atoms with Crippen LogP contribution >= 0.6 is 79.4 Å². The molecule has 0 aliphatic carbocycles. The third kappa shape index (κ3) is 4.70. The quantitative estimate of drug-likeness (QED) is 0.229. The first-order valence-corrected chi connectivity index (χ1v) is 11.2. The number of Topliss-reactive ketones (excluding diaryl/α,β-unsaturated/α-hetero) is 1. The number of aromatic amines is 1. The smallest absolute Gasteiger partial charge is 0.307 e. The van der Waals surface area contributed by atoms with Crippen LogP contribution in [-0.4, -0.2) is 27.7 Å². The van der Waals surface area contributed by atoms with E-state index in [0.717, 1.165) is 16.3 Å². The van der Waals surface area contributed by atoms with Crippen molar-refractivity contribution in [2.45, 2.75) is 19.3 Å². The molecule has 0 saturated carbocycles. The monoisotopic (exact) mass is 697 g/mol. The number of benzene rings is 1. The molecule has 134 valence electrons. The van der Waals surface area contributed by atoms with E-state index in [0.29, 0.717) is 17.7 Å².